The number of nitrogens with one attached hydrogen (secondary N) is 1. The van der Waals surface area contributed by atoms with Crippen LogP contribution < -0.4 is 10.9 Å². The maximum Gasteiger partial charge on any atom is 0.348 e. The van der Waals surface area contributed by atoms with Crippen LogP contribution in [0.5, 0.6) is 0 Å². The molecule has 3 aromatic heterocycles. The van der Waals surface area contributed by atoms with Crippen molar-refractivity contribution in [3.05, 3.63) is 91.6 Å². The number of rotatable bonds is 5. The molecule has 4 rings (SSSR count). The van der Waals surface area contributed by atoms with Gasteiger partial charge in [-0.2, -0.15) is 0 Å². The third-order valence-corrected chi connectivity index (χ3v) is 6.34. The zero-order valence-corrected chi connectivity index (χ0v) is 17.5. The predicted molar refractivity (Wildman–Crippen MR) is 117 cm³/mol. The number of nitrogens with zero attached hydrogens (tertiary/aromatic N) is 1. The van der Waals surface area contributed by atoms with Crippen molar-refractivity contribution in [2.75, 3.05) is 0 Å². The van der Waals surface area contributed by atoms with Crippen LogP contribution in [0.3, 0.4) is 0 Å². The Labute approximate surface area is 175 Å². The summed E-state index contributed by atoms with van der Waals surface area (Å²) in [7, 11) is 0. The van der Waals surface area contributed by atoms with Gasteiger partial charge in [0.05, 0.1) is 5.39 Å². The molecule has 0 spiro atoms. The lowest BCUT2D eigenvalue weighted by Crippen LogP contribution is -2.26. The summed E-state index contributed by atoms with van der Waals surface area (Å²) in [4.78, 5) is 31.0. The molecule has 29 heavy (non-hydrogen) atoms. The lowest BCUT2D eigenvalue weighted by Gasteiger charge is -2.12. The fourth-order valence-electron chi connectivity index (χ4n) is 3.01. The molecule has 0 saturated heterocycles. The molecule has 0 aliphatic carbocycles. The van der Waals surface area contributed by atoms with Crippen LogP contribution in [-0.4, -0.2) is 10.9 Å². The summed E-state index contributed by atoms with van der Waals surface area (Å²) < 4.78 is 5.36. The monoisotopic (exact) mass is 422 g/mol. The van der Waals surface area contributed by atoms with E-state index in [4.69, 9.17) is 4.42 Å². The molecule has 0 bridgehead atoms. The predicted octanol–water partition coefficient (Wildman–Crippen LogP) is 4.93. The Balaban J connectivity index is 1.61. The molecule has 1 aromatic carbocycles. The molecule has 0 fully saturated rings. The minimum atomic E-state index is -0.543. The summed E-state index contributed by atoms with van der Waals surface area (Å²) in [5, 5.41) is 7.21. The molecule has 7 heteroatoms. The number of amides is 1. The highest BCUT2D eigenvalue weighted by Gasteiger charge is 2.18. The van der Waals surface area contributed by atoms with E-state index < -0.39 is 11.7 Å². The van der Waals surface area contributed by atoms with Gasteiger partial charge in [0, 0.05) is 16.5 Å². The maximum absolute atomic E-state index is 12.7. The minimum absolute atomic E-state index is 0.198. The number of aromatic nitrogens is 1. The lowest BCUT2D eigenvalue weighted by atomic mass is 10.0. The Morgan fingerprint density at radius 3 is 2.69 bits per heavy atom. The molecule has 1 atom stereocenters. The van der Waals surface area contributed by atoms with Crippen LogP contribution in [-0.2, 0) is 4.79 Å². The van der Waals surface area contributed by atoms with Gasteiger partial charge in [-0.05, 0) is 41.8 Å². The summed E-state index contributed by atoms with van der Waals surface area (Å²) in [6.45, 7) is 3.60. The average molecular weight is 423 g/mol. The van der Waals surface area contributed by atoms with Crippen molar-refractivity contribution < 1.29 is 9.21 Å². The van der Waals surface area contributed by atoms with E-state index in [1.54, 1.807) is 24.3 Å². The number of benzene rings is 1. The van der Waals surface area contributed by atoms with E-state index >= 15 is 0 Å². The SMILES string of the molecule is Cc1csc2nc([C@H](C)NC(=O)/C=C(/c3ccccc3)c3cccs3)oc(=O)c12. The second kappa shape index (κ2) is 8.14. The van der Waals surface area contributed by atoms with Gasteiger partial charge in [-0.1, -0.05) is 36.4 Å². The summed E-state index contributed by atoms with van der Waals surface area (Å²) in [5.74, 6) is -0.0832. The molecule has 146 valence electrons. The van der Waals surface area contributed by atoms with E-state index in [0.29, 0.717) is 10.2 Å². The van der Waals surface area contributed by atoms with E-state index in [-0.39, 0.29) is 11.8 Å². The molecule has 3 heterocycles. The van der Waals surface area contributed by atoms with Crippen LogP contribution in [0.4, 0.5) is 0 Å². The van der Waals surface area contributed by atoms with Gasteiger partial charge in [0.1, 0.15) is 10.9 Å². The van der Waals surface area contributed by atoms with Crippen molar-refractivity contribution in [3.8, 4) is 0 Å². The van der Waals surface area contributed by atoms with E-state index in [1.807, 2.05) is 60.1 Å². The Hall–Kier alpha value is -3.03. The Morgan fingerprint density at radius 1 is 1.17 bits per heavy atom. The zero-order chi connectivity index (χ0) is 20.4. The van der Waals surface area contributed by atoms with Crippen LogP contribution in [0.1, 0.15) is 34.9 Å². The van der Waals surface area contributed by atoms with Gasteiger partial charge in [0.15, 0.2) is 0 Å². The fourth-order valence-corrected chi connectivity index (χ4v) is 4.69. The smallest absolute Gasteiger partial charge is 0.348 e. The summed E-state index contributed by atoms with van der Waals surface area (Å²) in [6, 6.07) is 13.1. The van der Waals surface area contributed by atoms with Crippen LogP contribution in [0.2, 0.25) is 0 Å². The van der Waals surface area contributed by atoms with Gasteiger partial charge in [0.2, 0.25) is 11.8 Å². The van der Waals surface area contributed by atoms with Gasteiger partial charge in [0.25, 0.3) is 0 Å². The second-order valence-corrected chi connectivity index (χ2v) is 8.38. The molecule has 1 N–H and O–H groups in total. The Morgan fingerprint density at radius 2 is 1.97 bits per heavy atom. The third-order valence-electron chi connectivity index (χ3n) is 4.44. The first-order valence-electron chi connectivity index (χ1n) is 9.03. The highest BCUT2D eigenvalue weighted by molar-refractivity contribution is 7.16. The molecule has 0 aliphatic heterocycles. The van der Waals surface area contributed by atoms with Crippen LogP contribution in [0, 0.1) is 6.92 Å². The highest BCUT2D eigenvalue weighted by Crippen LogP contribution is 2.27. The number of hydrogen-bond donors (Lipinski definition) is 1. The number of fused-ring (bicyclic) bond motifs is 1. The first-order valence-corrected chi connectivity index (χ1v) is 10.8. The van der Waals surface area contributed by atoms with Gasteiger partial charge in [-0.15, -0.1) is 22.7 Å². The van der Waals surface area contributed by atoms with Gasteiger partial charge >= 0.3 is 5.63 Å². The quantitative estimate of drug-likeness (QED) is 0.463. The number of thiophene rings is 2. The topological polar surface area (TPSA) is 72.2 Å². The van der Waals surface area contributed by atoms with E-state index in [1.165, 1.54) is 11.3 Å². The third kappa shape index (κ3) is 4.06. The first kappa shape index (κ1) is 19.3. The summed E-state index contributed by atoms with van der Waals surface area (Å²) in [5.41, 5.74) is 2.21. The van der Waals surface area contributed by atoms with Crippen molar-refractivity contribution in [1.82, 2.24) is 10.3 Å². The standard InChI is InChI=1S/C22H18N2O3S2/c1-13-12-29-21-19(13)22(26)27-20(24-21)14(2)23-18(25)11-16(17-9-6-10-28-17)15-7-4-3-5-8-15/h3-12,14H,1-2H3,(H,23,25)/b16-11-/t14-/m0/s1. The van der Waals surface area contributed by atoms with Gasteiger partial charge < -0.3 is 9.73 Å². The van der Waals surface area contributed by atoms with Crippen molar-refractivity contribution >= 4 is 44.4 Å². The zero-order valence-electron chi connectivity index (χ0n) is 15.8. The highest BCUT2D eigenvalue weighted by atomic mass is 32.1. The molecule has 0 aliphatic rings. The fraction of sp³-hybridized carbons (Fsp3) is 0.136. The number of aryl methyl sites for hydroxylation is 1. The summed E-state index contributed by atoms with van der Waals surface area (Å²) in [6.07, 6.45) is 1.57. The maximum atomic E-state index is 12.7. The van der Waals surface area contributed by atoms with Crippen molar-refractivity contribution in [2.45, 2.75) is 19.9 Å². The molecule has 1 amide bonds. The minimum Gasteiger partial charge on any atom is -0.406 e. The van der Waals surface area contributed by atoms with Crippen LogP contribution >= 0.6 is 22.7 Å². The summed E-state index contributed by atoms with van der Waals surface area (Å²) >= 11 is 2.96. The molecule has 0 radical (unpaired) electrons. The van der Waals surface area contributed by atoms with Gasteiger partial charge in [-0.3, -0.25) is 4.79 Å². The first-order chi connectivity index (χ1) is 14.0. The largest absolute Gasteiger partial charge is 0.406 e. The van der Waals surface area contributed by atoms with Gasteiger partial charge in [-0.25, -0.2) is 9.78 Å². The van der Waals surface area contributed by atoms with Crippen molar-refractivity contribution in [2.24, 2.45) is 0 Å². The normalized spacial score (nSPS) is 12.8. The van der Waals surface area contributed by atoms with Crippen LogP contribution in [0.15, 0.2) is 68.5 Å². The Bertz CT molecular complexity index is 1240. The van der Waals surface area contributed by atoms with Crippen molar-refractivity contribution in [1.29, 1.82) is 0 Å². The average Bonchev–Trinajstić information content (AvgIpc) is 3.37. The molecule has 4 aromatic rings. The number of carbonyl (C=O) groups is 1. The van der Waals surface area contributed by atoms with E-state index in [0.717, 1.165) is 21.6 Å². The molecule has 5 nitrogen and oxygen atoms in total. The Kier molecular flexibility index (Phi) is 5.42. The molecular formula is C22H18N2O3S2. The molecular weight excluding hydrogens is 404 g/mol. The number of hydrogen-bond acceptors (Lipinski definition) is 6. The van der Waals surface area contributed by atoms with Crippen molar-refractivity contribution in [3.63, 3.8) is 0 Å². The second-order valence-electron chi connectivity index (χ2n) is 6.57. The van der Waals surface area contributed by atoms with E-state index in [2.05, 4.69) is 10.3 Å². The van der Waals surface area contributed by atoms with Crippen LogP contribution in [0.25, 0.3) is 15.8 Å². The van der Waals surface area contributed by atoms with E-state index in [9.17, 15) is 9.59 Å². The number of carbonyl (C=O) groups excluding carboxylic acids is 1. The lowest BCUT2D eigenvalue weighted by molar-refractivity contribution is -0.117. The molecule has 0 unspecified atom stereocenters. The molecule has 0 saturated carbocycles.